The third kappa shape index (κ3) is 7.44. The summed E-state index contributed by atoms with van der Waals surface area (Å²) in [5.74, 6) is -0.223. The van der Waals surface area contributed by atoms with Crippen molar-refractivity contribution in [2.45, 2.75) is 32.7 Å². The number of nitrogens with zero attached hydrogens (tertiary/aromatic N) is 1. The first-order valence-corrected chi connectivity index (χ1v) is 9.56. The lowest BCUT2D eigenvalue weighted by atomic mass is 10.2. The number of pyridine rings is 1. The van der Waals surface area contributed by atoms with E-state index in [0.29, 0.717) is 23.8 Å². The van der Waals surface area contributed by atoms with E-state index >= 15 is 0 Å². The lowest BCUT2D eigenvalue weighted by molar-refractivity contribution is -0.116. The van der Waals surface area contributed by atoms with Crippen molar-refractivity contribution >= 4 is 29.2 Å². The first kappa shape index (κ1) is 21.5. The Balaban J connectivity index is 1.56. The highest BCUT2D eigenvalue weighted by Crippen LogP contribution is 2.22. The molecule has 0 radical (unpaired) electrons. The Kier molecular flexibility index (Phi) is 8.55. The smallest absolute Gasteiger partial charge is 0.314 e. The van der Waals surface area contributed by atoms with Crippen LogP contribution in [-0.4, -0.2) is 29.6 Å². The summed E-state index contributed by atoms with van der Waals surface area (Å²) in [7, 11) is 0. The number of carbonyl (C=O) groups excluding carboxylic acids is 2. The van der Waals surface area contributed by atoms with Crippen LogP contribution in [0.4, 0.5) is 10.5 Å². The number of hydrogen-bond donors (Lipinski definition) is 3. The van der Waals surface area contributed by atoms with Gasteiger partial charge in [-0.1, -0.05) is 23.7 Å². The molecular formula is C20H25ClN4O3. The molecule has 2 rings (SSSR count). The fraction of sp³-hybridized carbons (Fsp3) is 0.350. The SMILES string of the molecule is Cc1ccc(NC(=O)CCNC(=O)NCCCCn2ccccc2=O)c(Cl)c1. The van der Waals surface area contributed by atoms with E-state index in [2.05, 4.69) is 16.0 Å². The third-order valence-corrected chi connectivity index (χ3v) is 4.36. The minimum Gasteiger partial charge on any atom is -0.338 e. The zero-order valence-corrected chi connectivity index (χ0v) is 16.6. The number of aromatic nitrogens is 1. The van der Waals surface area contributed by atoms with Crippen LogP contribution in [-0.2, 0) is 11.3 Å². The fourth-order valence-corrected chi connectivity index (χ4v) is 2.82. The summed E-state index contributed by atoms with van der Waals surface area (Å²) < 4.78 is 1.64. The first-order chi connectivity index (χ1) is 13.5. The molecule has 150 valence electrons. The van der Waals surface area contributed by atoms with E-state index in [9.17, 15) is 14.4 Å². The molecule has 0 spiro atoms. The zero-order chi connectivity index (χ0) is 20.4. The maximum atomic E-state index is 11.9. The van der Waals surface area contributed by atoms with E-state index in [-0.39, 0.29) is 30.5 Å². The van der Waals surface area contributed by atoms with E-state index in [1.807, 2.05) is 19.1 Å². The molecule has 0 aliphatic carbocycles. The molecule has 3 N–H and O–H groups in total. The van der Waals surface area contributed by atoms with Gasteiger partial charge >= 0.3 is 6.03 Å². The van der Waals surface area contributed by atoms with Crippen LogP contribution in [0.2, 0.25) is 5.02 Å². The normalized spacial score (nSPS) is 10.4. The molecule has 8 heteroatoms. The second-order valence-corrected chi connectivity index (χ2v) is 6.81. The molecule has 0 unspecified atom stereocenters. The molecule has 1 heterocycles. The van der Waals surface area contributed by atoms with Crippen molar-refractivity contribution in [3.63, 3.8) is 0 Å². The molecule has 0 aliphatic heterocycles. The van der Waals surface area contributed by atoms with E-state index < -0.39 is 0 Å². The Morgan fingerprint density at radius 1 is 1.07 bits per heavy atom. The average molecular weight is 405 g/mol. The van der Waals surface area contributed by atoms with E-state index in [1.165, 1.54) is 6.07 Å². The summed E-state index contributed by atoms with van der Waals surface area (Å²) in [5, 5.41) is 8.58. The van der Waals surface area contributed by atoms with Crippen LogP contribution >= 0.6 is 11.6 Å². The predicted molar refractivity (Wildman–Crippen MR) is 111 cm³/mol. The standard InChI is InChI=1S/C20H25ClN4O3/c1-15-7-8-17(16(21)14-15)24-18(26)9-11-23-20(28)22-10-3-5-13-25-12-4-2-6-19(25)27/h2,4,6-8,12,14H,3,5,9-11,13H2,1H3,(H,24,26)(H2,22,23,28). The van der Waals surface area contributed by atoms with Crippen molar-refractivity contribution in [3.8, 4) is 0 Å². The number of aryl methyl sites for hydroxylation is 2. The maximum Gasteiger partial charge on any atom is 0.314 e. The van der Waals surface area contributed by atoms with Crippen molar-refractivity contribution in [1.82, 2.24) is 15.2 Å². The summed E-state index contributed by atoms with van der Waals surface area (Å²) >= 11 is 6.08. The van der Waals surface area contributed by atoms with Crippen LogP contribution in [0.5, 0.6) is 0 Å². The fourth-order valence-electron chi connectivity index (χ4n) is 2.54. The van der Waals surface area contributed by atoms with E-state index in [0.717, 1.165) is 18.4 Å². The lowest BCUT2D eigenvalue weighted by Gasteiger charge is -2.10. The van der Waals surface area contributed by atoms with Gasteiger partial charge in [0.1, 0.15) is 0 Å². The number of urea groups is 1. The molecule has 28 heavy (non-hydrogen) atoms. The van der Waals surface area contributed by atoms with Crippen LogP contribution in [0.1, 0.15) is 24.8 Å². The van der Waals surface area contributed by atoms with Crippen molar-refractivity contribution in [2.75, 3.05) is 18.4 Å². The third-order valence-electron chi connectivity index (χ3n) is 4.05. The second-order valence-electron chi connectivity index (χ2n) is 6.40. The topological polar surface area (TPSA) is 92.2 Å². The van der Waals surface area contributed by atoms with Crippen molar-refractivity contribution in [1.29, 1.82) is 0 Å². The first-order valence-electron chi connectivity index (χ1n) is 9.19. The predicted octanol–water partition coefficient (Wildman–Crippen LogP) is 2.92. The van der Waals surface area contributed by atoms with Crippen LogP contribution in [0, 0.1) is 6.92 Å². The summed E-state index contributed by atoms with van der Waals surface area (Å²) in [6.07, 6.45) is 3.43. The molecule has 0 fully saturated rings. The van der Waals surface area contributed by atoms with Crippen LogP contribution in [0.3, 0.4) is 0 Å². The summed E-state index contributed by atoms with van der Waals surface area (Å²) in [4.78, 5) is 35.2. The van der Waals surface area contributed by atoms with Crippen LogP contribution in [0.25, 0.3) is 0 Å². The van der Waals surface area contributed by atoms with Crippen LogP contribution in [0.15, 0.2) is 47.4 Å². The molecule has 0 atom stereocenters. The molecule has 7 nitrogen and oxygen atoms in total. The zero-order valence-electron chi connectivity index (χ0n) is 15.8. The van der Waals surface area contributed by atoms with Gasteiger partial charge < -0.3 is 20.5 Å². The summed E-state index contributed by atoms with van der Waals surface area (Å²) in [6.45, 7) is 3.26. The molecule has 0 saturated carbocycles. The molecule has 0 aliphatic rings. The highest BCUT2D eigenvalue weighted by Gasteiger charge is 2.07. The Morgan fingerprint density at radius 2 is 1.86 bits per heavy atom. The number of unbranched alkanes of at least 4 members (excludes halogenated alkanes) is 1. The highest BCUT2D eigenvalue weighted by molar-refractivity contribution is 6.33. The number of hydrogen-bond acceptors (Lipinski definition) is 3. The molecule has 3 amide bonds. The quantitative estimate of drug-likeness (QED) is 0.561. The van der Waals surface area contributed by atoms with Gasteiger partial charge in [0.15, 0.2) is 0 Å². The largest absolute Gasteiger partial charge is 0.338 e. The van der Waals surface area contributed by atoms with E-state index in [1.54, 1.807) is 29.0 Å². The molecule has 1 aromatic carbocycles. The van der Waals surface area contributed by atoms with Gasteiger partial charge in [-0.2, -0.15) is 0 Å². The van der Waals surface area contributed by atoms with Gasteiger partial charge in [-0.15, -0.1) is 0 Å². The Morgan fingerprint density at radius 3 is 2.61 bits per heavy atom. The molecule has 0 saturated heterocycles. The summed E-state index contributed by atoms with van der Waals surface area (Å²) in [5.41, 5.74) is 1.54. The Hall–Kier alpha value is -2.80. The van der Waals surface area contributed by atoms with Gasteiger partial charge in [0.25, 0.3) is 0 Å². The van der Waals surface area contributed by atoms with Gasteiger partial charge in [0.2, 0.25) is 11.5 Å². The summed E-state index contributed by atoms with van der Waals surface area (Å²) in [6, 6.07) is 10.1. The molecule has 1 aromatic heterocycles. The van der Waals surface area contributed by atoms with Crippen LogP contribution < -0.4 is 21.5 Å². The molecule has 2 aromatic rings. The number of halogens is 1. The molecular weight excluding hydrogens is 380 g/mol. The van der Waals surface area contributed by atoms with Gasteiger partial charge in [-0.25, -0.2) is 4.79 Å². The Labute approximate surface area is 169 Å². The van der Waals surface area contributed by atoms with Crippen molar-refractivity contribution in [3.05, 3.63) is 63.5 Å². The van der Waals surface area contributed by atoms with Crippen molar-refractivity contribution in [2.24, 2.45) is 0 Å². The minimum atomic E-state index is -0.321. The van der Waals surface area contributed by atoms with Gasteiger partial charge in [0, 0.05) is 38.3 Å². The minimum absolute atomic E-state index is 0.0293. The highest BCUT2D eigenvalue weighted by atomic mass is 35.5. The maximum absolute atomic E-state index is 11.9. The number of benzene rings is 1. The van der Waals surface area contributed by atoms with Gasteiger partial charge in [-0.05, 0) is 43.5 Å². The monoisotopic (exact) mass is 404 g/mol. The van der Waals surface area contributed by atoms with E-state index in [4.69, 9.17) is 11.6 Å². The number of anilines is 1. The number of carbonyl (C=O) groups is 2. The lowest BCUT2D eigenvalue weighted by Crippen LogP contribution is -2.37. The second kappa shape index (κ2) is 11.1. The Bertz CT molecular complexity index is 867. The van der Waals surface area contributed by atoms with Gasteiger partial charge in [0.05, 0.1) is 10.7 Å². The number of rotatable bonds is 9. The number of amides is 3. The van der Waals surface area contributed by atoms with Gasteiger partial charge in [-0.3, -0.25) is 9.59 Å². The number of nitrogens with one attached hydrogen (secondary N) is 3. The van der Waals surface area contributed by atoms with Crippen molar-refractivity contribution < 1.29 is 9.59 Å². The average Bonchev–Trinajstić information content (AvgIpc) is 2.65. The molecule has 0 bridgehead atoms.